The lowest BCUT2D eigenvalue weighted by Crippen LogP contribution is -2.25. The first-order valence-electron chi connectivity index (χ1n) is 8.10. The summed E-state index contributed by atoms with van der Waals surface area (Å²) in [4.78, 5) is 18.1. The molecule has 118 valence electrons. The van der Waals surface area contributed by atoms with Crippen molar-refractivity contribution in [2.75, 3.05) is 0 Å². The first-order valence-corrected chi connectivity index (χ1v) is 8.10. The third-order valence-electron chi connectivity index (χ3n) is 4.40. The standard InChI is InChI=1S/C18H20N4O/c1-11(2)17-20-15-6-4-5-14(12-9-19-21(3)10-12)16(15)18(23)22(17)13-7-8-13/h4-6,9-11,13H,7-8H2,1-3H3. The van der Waals surface area contributed by atoms with Crippen LogP contribution in [0, 0.1) is 0 Å². The second-order valence-electron chi connectivity index (χ2n) is 6.63. The fourth-order valence-corrected chi connectivity index (χ4v) is 3.15. The molecule has 0 unspecified atom stereocenters. The van der Waals surface area contributed by atoms with Gasteiger partial charge in [-0.1, -0.05) is 26.0 Å². The summed E-state index contributed by atoms with van der Waals surface area (Å²) in [6, 6.07) is 6.19. The Bertz CT molecular complexity index is 947. The summed E-state index contributed by atoms with van der Waals surface area (Å²) < 4.78 is 3.68. The van der Waals surface area contributed by atoms with E-state index in [1.165, 1.54) is 0 Å². The summed E-state index contributed by atoms with van der Waals surface area (Å²) in [6.45, 7) is 4.19. The molecule has 5 nitrogen and oxygen atoms in total. The van der Waals surface area contributed by atoms with Crippen LogP contribution in [-0.2, 0) is 7.05 Å². The third-order valence-corrected chi connectivity index (χ3v) is 4.40. The van der Waals surface area contributed by atoms with Crippen molar-refractivity contribution >= 4 is 10.9 Å². The molecule has 2 aromatic heterocycles. The summed E-state index contributed by atoms with van der Waals surface area (Å²) in [7, 11) is 1.88. The first-order chi connectivity index (χ1) is 11.1. The number of benzene rings is 1. The molecular formula is C18H20N4O. The van der Waals surface area contributed by atoms with Crippen molar-refractivity contribution in [3.63, 3.8) is 0 Å². The van der Waals surface area contributed by atoms with Gasteiger partial charge in [0.2, 0.25) is 0 Å². The molecule has 0 saturated heterocycles. The van der Waals surface area contributed by atoms with Crippen molar-refractivity contribution < 1.29 is 0 Å². The maximum Gasteiger partial charge on any atom is 0.262 e. The molecule has 0 aliphatic heterocycles. The number of hydrogen-bond acceptors (Lipinski definition) is 3. The first kappa shape index (κ1) is 14.2. The van der Waals surface area contributed by atoms with E-state index in [2.05, 4.69) is 18.9 Å². The Hall–Kier alpha value is -2.43. The average Bonchev–Trinajstić information content (AvgIpc) is 3.27. The van der Waals surface area contributed by atoms with E-state index in [4.69, 9.17) is 4.98 Å². The lowest BCUT2D eigenvalue weighted by molar-refractivity contribution is 0.605. The van der Waals surface area contributed by atoms with Gasteiger partial charge >= 0.3 is 0 Å². The topological polar surface area (TPSA) is 52.7 Å². The van der Waals surface area contributed by atoms with Gasteiger partial charge in [0.1, 0.15) is 5.82 Å². The minimum Gasteiger partial charge on any atom is -0.293 e. The highest BCUT2D eigenvalue weighted by atomic mass is 16.1. The van der Waals surface area contributed by atoms with E-state index >= 15 is 0 Å². The molecule has 4 rings (SSSR count). The van der Waals surface area contributed by atoms with Crippen molar-refractivity contribution in [3.05, 3.63) is 46.8 Å². The lowest BCUT2D eigenvalue weighted by atomic mass is 10.0. The SMILES string of the molecule is CC(C)c1nc2cccc(-c3cnn(C)c3)c2c(=O)n1C1CC1. The molecule has 23 heavy (non-hydrogen) atoms. The molecule has 1 fully saturated rings. The molecule has 3 aromatic rings. The van der Waals surface area contributed by atoms with Gasteiger partial charge in [0, 0.05) is 30.8 Å². The van der Waals surface area contributed by atoms with Gasteiger partial charge in [0.05, 0.1) is 17.1 Å². The molecule has 1 aromatic carbocycles. The van der Waals surface area contributed by atoms with Gasteiger partial charge in [-0.15, -0.1) is 0 Å². The molecule has 1 saturated carbocycles. The van der Waals surface area contributed by atoms with Crippen LogP contribution in [0.2, 0.25) is 0 Å². The van der Waals surface area contributed by atoms with Gasteiger partial charge in [-0.3, -0.25) is 14.0 Å². The number of aryl methyl sites for hydroxylation is 1. The predicted molar refractivity (Wildman–Crippen MR) is 90.6 cm³/mol. The van der Waals surface area contributed by atoms with Crippen LogP contribution in [0.3, 0.4) is 0 Å². The number of hydrogen-bond donors (Lipinski definition) is 0. The maximum atomic E-state index is 13.2. The van der Waals surface area contributed by atoms with Crippen LogP contribution in [0.15, 0.2) is 35.4 Å². The summed E-state index contributed by atoms with van der Waals surface area (Å²) >= 11 is 0. The van der Waals surface area contributed by atoms with Crippen LogP contribution >= 0.6 is 0 Å². The average molecular weight is 308 g/mol. The fourth-order valence-electron chi connectivity index (χ4n) is 3.15. The van der Waals surface area contributed by atoms with Crippen molar-refractivity contribution in [2.24, 2.45) is 7.05 Å². The number of rotatable bonds is 3. The van der Waals surface area contributed by atoms with Crippen molar-refractivity contribution in [2.45, 2.75) is 38.6 Å². The van der Waals surface area contributed by atoms with Crippen molar-refractivity contribution in [1.82, 2.24) is 19.3 Å². The smallest absolute Gasteiger partial charge is 0.262 e. The van der Waals surface area contributed by atoms with Crippen molar-refractivity contribution in [3.8, 4) is 11.1 Å². The van der Waals surface area contributed by atoms with Gasteiger partial charge in [0.25, 0.3) is 5.56 Å². The lowest BCUT2D eigenvalue weighted by Gasteiger charge is -2.16. The Morgan fingerprint density at radius 1 is 1.26 bits per heavy atom. The van der Waals surface area contributed by atoms with Gasteiger partial charge in [-0.2, -0.15) is 5.10 Å². The molecule has 5 heteroatoms. The van der Waals surface area contributed by atoms with Gasteiger partial charge < -0.3 is 0 Å². The zero-order chi connectivity index (χ0) is 16.1. The van der Waals surface area contributed by atoms with E-state index in [1.54, 1.807) is 10.9 Å². The molecule has 0 amide bonds. The molecule has 1 aliphatic rings. The minimum atomic E-state index is 0.0839. The van der Waals surface area contributed by atoms with Gasteiger partial charge in [-0.25, -0.2) is 4.98 Å². The summed E-state index contributed by atoms with van der Waals surface area (Å²) in [6.07, 6.45) is 5.88. The molecule has 1 aliphatic carbocycles. The Kier molecular flexibility index (Phi) is 3.11. The quantitative estimate of drug-likeness (QED) is 0.746. The molecule has 0 atom stereocenters. The Balaban J connectivity index is 2.07. The van der Waals surface area contributed by atoms with E-state index in [-0.39, 0.29) is 11.5 Å². The summed E-state index contributed by atoms with van der Waals surface area (Å²) in [5.74, 6) is 1.13. The highest BCUT2D eigenvalue weighted by Crippen LogP contribution is 2.36. The Morgan fingerprint density at radius 3 is 2.65 bits per heavy atom. The van der Waals surface area contributed by atoms with E-state index in [9.17, 15) is 4.79 Å². The number of nitrogens with zero attached hydrogens (tertiary/aromatic N) is 4. The predicted octanol–water partition coefficient (Wildman–Crippen LogP) is 3.26. The van der Waals surface area contributed by atoms with E-state index in [0.29, 0.717) is 11.4 Å². The summed E-state index contributed by atoms with van der Waals surface area (Å²) in [5.41, 5.74) is 2.73. The molecule has 0 radical (unpaired) electrons. The van der Waals surface area contributed by atoms with Crippen molar-refractivity contribution in [1.29, 1.82) is 0 Å². The zero-order valence-electron chi connectivity index (χ0n) is 13.7. The van der Waals surface area contributed by atoms with Crippen LogP contribution < -0.4 is 5.56 Å². The normalized spacial score (nSPS) is 14.8. The second-order valence-corrected chi connectivity index (χ2v) is 6.63. The fraction of sp³-hybridized carbons (Fsp3) is 0.389. The highest BCUT2D eigenvalue weighted by molar-refractivity contribution is 5.93. The Morgan fingerprint density at radius 2 is 2.04 bits per heavy atom. The second kappa shape index (κ2) is 5.05. The summed E-state index contributed by atoms with van der Waals surface area (Å²) in [5, 5.41) is 4.94. The van der Waals surface area contributed by atoms with Gasteiger partial charge in [-0.05, 0) is 24.5 Å². The molecule has 2 heterocycles. The van der Waals surface area contributed by atoms with Crippen LogP contribution in [-0.4, -0.2) is 19.3 Å². The highest BCUT2D eigenvalue weighted by Gasteiger charge is 2.29. The third kappa shape index (κ3) is 2.27. The van der Waals surface area contributed by atoms with Crippen LogP contribution in [0.25, 0.3) is 22.0 Å². The largest absolute Gasteiger partial charge is 0.293 e. The minimum absolute atomic E-state index is 0.0839. The zero-order valence-corrected chi connectivity index (χ0v) is 13.7. The molecule has 0 bridgehead atoms. The molecule has 0 spiro atoms. The maximum absolute atomic E-state index is 13.2. The van der Waals surface area contributed by atoms with E-state index in [1.807, 2.05) is 36.0 Å². The Labute approximate surface area is 134 Å². The van der Waals surface area contributed by atoms with Crippen LogP contribution in [0.5, 0.6) is 0 Å². The van der Waals surface area contributed by atoms with E-state index < -0.39 is 0 Å². The molecular weight excluding hydrogens is 288 g/mol. The van der Waals surface area contributed by atoms with E-state index in [0.717, 1.165) is 35.3 Å². The van der Waals surface area contributed by atoms with Gasteiger partial charge in [0.15, 0.2) is 0 Å². The molecule has 0 N–H and O–H groups in total. The van der Waals surface area contributed by atoms with Crippen LogP contribution in [0.1, 0.15) is 44.5 Å². The van der Waals surface area contributed by atoms with Crippen LogP contribution in [0.4, 0.5) is 0 Å². The number of fused-ring (bicyclic) bond motifs is 1. The number of aromatic nitrogens is 4. The monoisotopic (exact) mass is 308 g/mol.